The van der Waals surface area contributed by atoms with Crippen molar-refractivity contribution in [3.63, 3.8) is 0 Å². The first-order valence-electron chi connectivity index (χ1n) is 4.56. The number of nitrogens with one attached hydrogen (secondary N) is 2. The van der Waals surface area contributed by atoms with E-state index in [0.717, 1.165) is 6.20 Å². The highest BCUT2D eigenvalue weighted by Crippen LogP contribution is 2.09. The summed E-state index contributed by atoms with van der Waals surface area (Å²) >= 11 is 0. The van der Waals surface area contributed by atoms with Gasteiger partial charge in [-0.2, -0.15) is 0 Å². The van der Waals surface area contributed by atoms with Crippen LogP contribution in [0, 0.1) is 0 Å². The maximum Gasteiger partial charge on any atom is 0.325 e. The van der Waals surface area contributed by atoms with E-state index in [1.807, 2.05) is 4.98 Å². The van der Waals surface area contributed by atoms with Crippen LogP contribution in [0.1, 0.15) is 13.8 Å². The molecule has 0 radical (unpaired) electrons. The van der Waals surface area contributed by atoms with E-state index in [4.69, 9.17) is 5.11 Å². The quantitative estimate of drug-likeness (QED) is 0.403. The molecule has 0 atom stereocenters. The smallest absolute Gasteiger partial charge is 0.325 e. The first-order valence-corrected chi connectivity index (χ1v) is 4.56. The molecule has 0 unspecified atom stereocenters. The Morgan fingerprint density at radius 2 is 2.00 bits per heavy atom. The minimum absolute atomic E-state index is 0.176. The highest BCUT2D eigenvalue weighted by atomic mass is 16.3. The van der Waals surface area contributed by atoms with E-state index in [9.17, 15) is 14.4 Å². The highest BCUT2D eigenvalue weighted by Gasteiger charge is 2.07. The van der Waals surface area contributed by atoms with Crippen LogP contribution in [0.5, 0.6) is 0 Å². The molecule has 0 amide bonds. The Bertz CT molecular complexity index is 604. The van der Waals surface area contributed by atoms with Crippen molar-refractivity contribution < 1.29 is 9.90 Å². The third-order valence-electron chi connectivity index (χ3n) is 1.73. The summed E-state index contributed by atoms with van der Waals surface area (Å²) in [4.78, 5) is 37.1. The van der Waals surface area contributed by atoms with E-state index in [-0.39, 0.29) is 17.1 Å². The number of H-pyrrole nitrogens is 2. The number of carbonyl (C=O) groups excluding carboxylic acids is 1. The zero-order chi connectivity index (χ0) is 13.0. The molecule has 1 rings (SSSR count). The summed E-state index contributed by atoms with van der Waals surface area (Å²) in [5, 5.41) is 16.0. The molecule has 1 aromatic rings. The van der Waals surface area contributed by atoms with Crippen LogP contribution in [-0.2, 0) is 4.79 Å². The highest BCUT2D eigenvalue weighted by molar-refractivity contribution is 5.93. The van der Waals surface area contributed by atoms with Gasteiger partial charge in [0.05, 0.1) is 0 Å². The molecule has 0 saturated heterocycles. The molecule has 0 aliphatic heterocycles. The molecule has 0 aromatic carbocycles. The van der Waals surface area contributed by atoms with Crippen LogP contribution < -0.4 is 11.2 Å². The van der Waals surface area contributed by atoms with Gasteiger partial charge in [0, 0.05) is 13.1 Å². The third-order valence-corrected chi connectivity index (χ3v) is 1.73. The molecule has 1 heterocycles. The van der Waals surface area contributed by atoms with Gasteiger partial charge in [-0.1, -0.05) is 0 Å². The first kappa shape index (κ1) is 12.6. The monoisotopic (exact) mass is 238 g/mol. The second kappa shape index (κ2) is 5.01. The lowest BCUT2D eigenvalue weighted by atomic mass is 10.3. The number of Topliss-reactive ketones (excluding diaryl/α,β-unsaturated/α-hetero) is 1. The second-order valence-electron chi connectivity index (χ2n) is 3.15. The van der Waals surface area contributed by atoms with E-state index in [1.54, 1.807) is 0 Å². The molecule has 1 aromatic heterocycles. The van der Waals surface area contributed by atoms with Crippen LogP contribution in [-0.4, -0.2) is 20.9 Å². The topological polar surface area (TPSA) is 128 Å². The number of hydrogen-bond acceptors (Lipinski definition) is 6. The van der Waals surface area contributed by atoms with Crippen molar-refractivity contribution in [3.8, 4) is 0 Å². The summed E-state index contributed by atoms with van der Waals surface area (Å²) in [6.45, 7) is 2.47. The van der Waals surface area contributed by atoms with Gasteiger partial charge in [0.1, 0.15) is 5.76 Å². The fraction of sp³-hybridized carbons (Fsp3) is 0.222. The molecular weight excluding hydrogens is 228 g/mol. The Morgan fingerprint density at radius 3 is 2.47 bits per heavy atom. The van der Waals surface area contributed by atoms with Crippen molar-refractivity contribution in [2.24, 2.45) is 10.2 Å². The fourth-order valence-corrected chi connectivity index (χ4v) is 0.978. The molecule has 0 fully saturated rings. The lowest BCUT2D eigenvalue weighted by Gasteiger charge is -1.95. The van der Waals surface area contributed by atoms with Crippen molar-refractivity contribution in [1.82, 2.24) is 9.97 Å². The first-order chi connectivity index (χ1) is 7.91. The molecule has 17 heavy (non-hydrogen) atoms. The number of aromatic amines is 2. The molecule has 0 saturated carbocycles. The molecule has 0 aliphatic rings. The predicted octanol–water partition coefficient (Wildman–Crippen LogP) is 0.525. The van der Waals surface area contributed by atoms with E-state index in [0.29, 0.717) is 0 Å². The minimum atomic E-state index is -0.740. The van der Waals surface area contributed by atoms with Crippen molar-refractivity contribution in [2.75, 3.05) is 0 Å². The van der Waals surface area contributed by atoms with Gasteiger partial charge in [-0.15, -0.1) is 10.2 Å². The summed E-state index contributed by atoms with van der Waals surface area (Å²) in [5.74, 6) is -0.795. The van der Waals surface area contributed by atoms with Crippen molar-refractivity contribution >= 4 is 11.5 Å². The largest absolute Gasteiger partial charge is 0.510 e. The number of azo groups is 1. The number of ketones is 1. The lowest BCUT2D eigenvalue weighted by molar-refractivity contribution is -0.113. The Hall–Kier alpha value is -2.51. The van der Waals surface area contributed by atoms with E-state index >= 15 is 0 Å². The average Bonchev–Trinajstić information content (AvgIpc) is 2.20. The summed E-state index contributed by atoms with van der Waals surface area (Å²) in [7, 11) is 0. The Kier molecular flexibility index (Phi) is 3.70. The minimum Gasteiger partial charge on any atom is -0.510 e. The van der Waals surface area contributed by atoms with Gasteiger partial charge in [-0.05, 0) is 6.92 Å². The second-order valence-corrected chi connectivity index (χ2v) is 3.15. The van der Waals surface area contributed by atoms with Gasteiger partial charge in [-0.25, -0.2) is 4.79 Å². The number of carbonyl (C=O) groups is 1. The van der Waals surface area contributed by atoms with Crippen LogP contribution in [0.25, 0.3) is 0 Å². The number of aliphatic hydroxyl groups is 1. The predicted molar refractivity (Wildman–Crippen MR) is 58.2 cm³/mol. The van der Waals surface area contributed by atoms with E-state index in [2.05, 4.69) is 15.2 Å². The SMILES string of the molecule is CC(=O)/C(N=Nc1c[nH]c(=O)[nH]c1=O)=C(\C)O. The van der Waals surface area contributed by atoms with E-state index in [1.165, 1.54) is 13.8 Å². The fourth-order valence-electron chi connectivity index (χ4n) is 0.978. The van der Waals surface area contributed by atoms with Gasteiger partial charge >= 0.3 is 5.69 Å². The Balaban J connectivity index is 3.14. The summed E-state index contributed by atoms with van der Waals surface area (Å²) < 4.78 is 0. The van der Waals surface area contributed by atoms with Crippen LogP contribution in [0.4, 0.5) is 5.69 Å². The number of rotatable bonds is 3. The molecule has 0 bridgehead atoms. The standard InChI is InChI=1S/C9H10N4O4/c1-4(14)7(5(2)15)13-12-6-3-10-9(17)11-8(6)16/h3,14H,1-2H3,(H2,10,11,16,17)/b7-4-,13-12?. The number of hydrogen-bond donors (Lipinski definition) is 3. The van der Waals surface area contributed by atoms with Crippen molar-refractivity contribution in [3.05, 3.63) is 38.5 Å². The normalized spacial score (nSPS) is 12.6. The molecule has 3 N–H and O–H groups in total. The Morgan fingerprint density at radius 1 is 1.35 bits per heavy atom. The zero-order valence-corrected chi connectivity index (χ0v) is 9.14. The van der Waals surface area contributed by atoms with E-state index < -0.39 is 17.0 Å². The summed E-state index contributed by atoms with van der Waals surface area (Å²) in [6, 6.07) is 0. The number of allylic oxidation sites excluding steroid dienone is 2. The Labute approximate surface area is 94.7 Å². The molecule has 0 spiro atoms. The van der Waals surface area contributed by atoms with Gasteiger partial charge in [-0.3, -0.25) is 14.6 Å². The van der Waals surface area contributed by atoms with Crippen LogP contribution >= 0.6 is 0 Å². The summed E-state index contributed by atoms with van der Waals surface area (Å²) in [6.07, 6.45) is 1.05. The molecule has 0 aliphatic carbocycles. The lowest BCUT2D eigenvalue weighted by Crippen LogP contribution is -2.20. The van der Waals surface area contributed by atoms with Crippen LogP contribution in [0.15, 0.2) is 37.5 Å². The number of aromatic nitrogens is 2. The van der Waals surface area contributed by atoms with Gasteiger partial charge < -0.3 is 10.1 Å². The number of nitrogens with zero attached hydrogens (tertiary/aromatic N) is 2. The maximum absolute atomic E-state index is 11.2. The molecule has 8 nitrogen and oxygen atoms in total. The summed E-state index contributed by atoms with van der Waals surface area (Å²) in [5.41, 5.74) is -1.84. The zero-order valence-electron chi connectivity index (χ0n) is 9.14. The van der Waals surface area contributed by atoms with Crippen LogP contribution in [0.2, 0.25) is 0 Å². The van der Waals surface area contributed by atoms with Gasteiger partial charge in [0.15, 0.2) is 17.2 Å². The third kappa shape index (κ3) is 3.23. The molecule has 8 heteroatoms. The maximum atomic E-state index is 11.2. The van der Waals surface area contributed by atoms with Crippen molar-refractivity contribution in [1.29, 1.82) is 0 Å². The number of aliphatic hydroxyl groups excluding tert-OH is 1. The van der Waals surface area contributed by atoms with Gasteiger partial charge in [0.2, 0.25) is 0 Å². The van der Waals surface area contributed by atoms with Crippen LogP contribution in [0.3, 0.4) is 0 Å². The van der Waals surface area contributed by atoms with Crippen molar-refractivity contribution in [2.45, 2.75) is 13.8 Å². The molecular formula is C9H10N4O4. The molecule has 90 valence electrons. The van der Waals surface area contributed by atoms with Gasteiger partial charge in [0.25, 0.3) is 5.56 Å². The average molecular weight is 238 g/mol.